The maximum Gasteiger partial charge on any atom is 0.304 e. The van der Waals surface area contributed by atoms with Crippen molar-refractivity contribution in [3.8, 4) is 11.5 Å². The van der Waals surface area contributed by atoms with Gasteiger partial charge in [-0.1, -0.05) is 50.9 Å². The van der Waals surface area contributed by atoms with E-state index < -0.39 is 114 Å². The van der Waals surface area contributed by atoms with Gasteiger partial charge in [0.1, 0.15) is 73.5 Å². The third-order valence-corrected chi connectivity index (χ3v) is 11.9. The summed E-state index contributed by atoms with van der Waals surface area (Å²) in [6.45, 7) is 13.1. The van der Waals surface area contributed by atoms with Crippen molar-refractivity contribution in [1.29, 1.82) is 0 Å². The quantitative estimate of drug-likeness (QED) is 0.0909. The number of nitrogens with zero attached hydrogens (tertiary/aromatic N) is 2. The highest BCUT2D eigenvalue weighted by Gasteiger charge is 2.47. The second kappa shape index (κ2) is 27.4. The van der Waals surface area contributed by atoms with E-state index >= 15 is 0 Å². The second-order valence-corrected chi connectivity index (χ2v) is 17.4. The predicted molar refractivity (Wildman–Crippen MR) is 241 cm³/mol. The number of aliphatic hydroxyl groups is 4. The van der Waals surface area contributed by atoms with Crippen LogP contribution in [-0.4, -0.2) is 148 Å². The number of halogens is 2. The molecule has 3 heterocycles. The van der Waals surface area contributed by atoms with Crippen LogP contribution in [0.2, 0.25) is 10.0 Å². The molecule has 71 heavy (non-hydrogen) atoms. The number of carbonyl (C=O) groups excluding carboxylic acids is 5. The zero-order valence-corrected chi connectivity index (χ0v) is 41.5. The van der Waals surface area contributed by atoms with Crippen LogP contribution >= 0.6 is 23.2 Å². The number of non-ortho nitro benzene ring substituents is 2. The van der Waals surface area contributed by atoms with E-state index in [-0.39, 0.29) is 69.8 Å². The van der Waals surface area contributed by atoms with Gasteiger partial charge in [-0.2, -0.15) is 0 Å². The van der Waals surface area contributed by atoms with Gasteiger partial charge in [-0.3, -0.25) is 44.2 Å². The molecule has 3 aliphatic heterocycles. The molecule has 3 fully saturated rings. The van der Waals surface area contributed by atoms with Gasteiger partial charge in [0, 0.05) is 82.6 Å². The Morgan fingerprint density at radius 3 is 1.30 bits per heavy atom. The summed E-state index contributed by atoms with van der Waals surface area (Å²) in [4.78, 5) is 76.2. The topological polar surface area (TPSA) is 345 Å². The van der Waals surface area contributed by atoms with Crippen molar-refractivity contribution >= 4 is 64.4 Å². The summed E-state index contributed by atoms with van der Waals surface area (Å²) < 4.78 is 53.5. The average molecular weight is 1050 g/mol. The van der Waals surface area contributed by atoms with E-state index in [0.29, 0.717) is 0 Å². The lowest BCUT2D eigenvalue weighted by atomic mass is 9.84. The van der Waals surface area contributed by atoms with E-state index in [0.717, 1.165) is 12.1 Å². The minimum absolute atomic E-state index is 0.0170. The number of hydrogen-bond acceptors (Lipinski definition) is 23. The second-order valence-electron chi connectivity index (χ2n) is 16.6. The van der Waals surface area contributed by atoms with Gasteiger partial charge < -0.3 is 67.8 Å². The maximum atomic E-state index is 11.5. The number of nitro groups is 2. The van der Waals surface area contributed by atoms with Gasteiger partial charge in [-0.05, 0) is 12.1 Å². The molecule has 0 spiro atoms. The van der Waals surface area contributed by atoms with Crippen molar-refractivity contribution in [2.75, 3.05) is 19.8 Å². The molecule has 27 heteroatoms. The molecule has 7 unspecified atom stereocenters. The van der Waals surface area contributed by atoms with Crippen LogP contribution in [0.15, 0.2) is 36.4 Å². The first-order chi connectivity index (χ1) is 33.2. The van der Waals surface area contributed by atoms with Gasteiger partial charge in [-0.25, -0.2) is 0 Å². The van der Waals surface area contributed by atoms with E-state index in [9.17, 15) is 59.5 Å². The lowest BCUT2D eigenvalue weighted by Gasteiger charge is -2.43. The van der Waals surface area contributed by atoms with Crippen molar-refractivity contribution < 1.29 is 102 Å². The molecule has 0 aliphatic carbocycles. The third-order valence-electron chi connectivity index (χ3n) is 11.3. The molecular weight excluding hydrogens is 995 g/mol. The summed E-state index contributed by atoms with van der Waals surface area (Å²) in [7, 11) is 0. The minimum Gasteiger partial charge on any atom is -0.463 e. The molecule has 3 saturated heterocycles. The predicted octanol–water partition coefficient (Wildman–Crippen LogP) is 3.59. The van der Waals surface area contributed by atoms with Crippen LogP contribution in [-0.2, 0) is 61.9 Å². The molecular formula is C44H58Cl2N2O23. The normalized spacial score (nSPS) is 30.0. The molecule has 4 N–H and O–H groups in total. The summed E-state index contributed by atoms with van der Waals surface area (Å²) in [5.74, 6) is -2.81. The molecule has 2 aromatic rings. The lowest BCUT2D eigenvalue weighted by molar-refractivity contribution is -0.385. The highest BCUT2D eigenvalue weighted by atomic mass is 35.5. The highest BCUT2D eigenvalue weighted by Crippen LogP contribution is 2.38. The van der Waals surface area contributed by atoms with Crippen LogP contribution in [0.25, 0.3) is 0 Å². The first kappa shape index (κ1) is 59.8. The average Bonchev–Trinajstić information content (AvgIpc) is 3.28. The standard InChI is InChI=1S/C18H22ClNO8.C14H22O7.C12H14ClNO8/c1-9-10(2)18(27-15-6-5-13(20(23)24)7-14(15)19)28-16(8-25-11(3)21)17(9)26-12(4)22;1-7-8(2)14(20-11(5)17)21-12(6-18-9(3)15)13(7)19-10(4)16;13-6-3-5(14(19)20)1-2-7(6)21-12-11(18)10(17)9(16)8(4-15)22-12/h5-7,9-10,16-18H,8H2,1-4H3;7-8,12-14H,6H2,1-5H3;1-3,8-12,15-18H,4H2/t9-,10?,16?,17-,18-;7-,8?,12?,13-,14?;8?,9-,10-,11?,12+/m110/s1. The van der Waals surface area contributed by atoms with Crippen molar-refractivity contribution in [2.24, 2.45) is 23.7 Å². The number of rotatable bonds is 14. The molecule has 3 aliphatic rings. The molecule has 15 atom stereocenters. The molecule has 0 radical (unpaired) electrons. The Kier molecular flexibility index (Phi) is 23.0. The smallest absolute Gasteiger partial charge is 0.304 e. The maximum absolute atomic E-state index is 11.5. The Balaban J connectivity index is 0.000000285. The van der Waals surface area contributed by atoms with Gasteiger partial charge >= 0.3 is 29.8 Å². The summed E-state index contributed by atoms with van der Waals surface area (Å²) >= 11 is 11.9. The molecule has 25 nitrogen and oxygen atoms in total. The van der Waals surface area contributed by atoms with Gasteiger partial charge in [-0.15, -0.1) is 0 Å². The van der Waals surface area contributed by atoms with Crippen molar-refractivity contribution in [3.63, 3.8) is 0 Å². The zero-order chi connectivity index (χ0) is 53.6. The van der Waals surface area contributed by atoms with Crippen LogP contribution in [0.1, 0.15) is 62.3 Å². The van der Waals surface area contributed by atoms with E-state index in [2.05, 4.69) is 0 Å². The van der Waals surface area contributed by atoms with Crippen LogP contribution in [0.3, 0.4) is 0 Å². The minimum atomic E-state index is -1.59. The number of nitro benzene ring substituents is 2. The molecule has 2 aromatic carbocycles. The molecule has 0 bridgehead atoms. The number of hydrogen-bond donors (Lipinski definition) is 4. The first-order valence-corrected chi connectivity index (χ1v) is 22.5. The lowest BCUT2D eigenvalue weighted by Crippen LogP contribution is -2.60. The highest BCUT2D eigenvalue weighted by molar-refractivity contribution is 6.32. The molecule has 0 aromatic heterocycles. The number of ether oxygens (including phenoxy) is 10. The van der Waals surface area contributed by atoms with Gasteiger partial charge in [0.15, 0.2) is 0 Å². The Labute approximate surface area is 416 Å². The van der Waals surface area contributed by atoms with Crippen LogP contribution in [0.5, 0.6) is 11.5 Å². The summed E-state index contributed by atoms with van der Waals surface area (Å²) in [5, 5.41) is 59.6. The Bertz CT molecular complexity index is 2180. The summed E-state index contributed by atoms with van der Waals surface area (Å²) in [5.41, 5.74) is -0.405. The SMILES string of the molecule is CC(=O)OCC1OC(OC(C)=O)C(C)[C@@H](C)[C@H]1OC(C)=O.CC(=O)OCC1O[C@@H](Oc2ccc([N+](=O)[O-])cc2Cl)C(C)[C@@H](C)[C@H]1OC(C)=O.O=[N+]([O-])c1ccc(O[C@@H]2OC(CO)[C@H](O)[C@H](O)C2O)c(Cl)c1. The van der Waals surface area contributed by atoms with Crippen molar-refractivity contribution in [2.45, 2.75) is 130 Å². The number of aliphatic hydroxyl groups excluding tert-OH is 4. The van der Waals surface area contributed by atoms with E-state index in [1.807, 2.05) is 27.7 Å². The Morgan fingerprint density at radius 1 is 0.549 bits per heavy atom. The third kappa shape index (κ3) is 17.3. The molecule has 0 amide bonds. The molecule has 5 rings (SSSR count). The fraction of sp³-hybridized carbons (Fsp3) is 0.614. The van der Waals surface area contributed by atoms with Crippen LogP contribution in [0.4, 0.5) is 11.4 Å². The first-order valence-electron chi connectivity index (χ1n) is 21.8. The van der Waals surface area contributed by atoms with Gasteiger partial charge in [0.25, 0.3) is 11.4 Å². The Hall–Kier alpha value is -5.51. The summed E-state index contributed by atoms with van der Waals surface area (Å²) in [6.07, 6.45) is -11.4. The van der Waals surface area contributed by atoms with Crippen LogP contribution < -0.4 is 9.47 Å². The largest absolute Gasteiger partial charge is 0.463 e. The van der Waals surface area contributed by atoms with E-state index in [1.54, 1.807) is 0 Å². The van der Waals surface area contributed by atoms with E-state index in [4.69, 9.17) is 75.7 Å². The Morgan fingerprint density at radius 2 is 0.930 bits per heavy atom. The number of benzene rings is 2. The molecule has 0 saturated carbocycles. The summed E-state index contributed by atoms with van der Waals surface area (Å²) in [6, 6.07) is 7.26. The molecule has 396 valence electrons. The van der Waals surface area contributed by atoms with E-state index in [1.165, 1.54) is 58.9 Å². The van der Waals surface area contributed by atoms with Gasteiger partial charge in [0.05, 0.1) is 26.5 Å². The van der Waals surface area contributed by atoms with Crippen LogP contribution in [0, 0.1) is 43.9 Å². The fourth-order valence-corrected chi connectivity index (χ4v) is 7.62. The monoisotopic (exact) mass is 1050 g/mol. The fourth-order valence-electron chi connectivity index (χ4n) is 7.18. The van der Waals surface area contributed by atoms with Crippen molar-refractivity contribution in [1.82, 2.24) is 0 Å². The number of carbonyl (C=O) groups is 5. The number of esters is 5. The van der Waals surface area contributed by atoms with Crippen molar-refractivity contribution in [3.05, 3.63) is 66.7 Å². The zero-order valence-electron chi connectivity index (χ0n) is 39.9. The van der Waals surface area contributed by atoms with Gasteiger partial charge in [0.2, 0.25) is 18.9 Å².